The van der Waals surface area contributed by atoms with Crippen molar-refractivity contribution in [3.63, 3.8) is 0 Å². The summed E-state index contributed by atoms with van der Waals surface area (Å²) in [7, 11) is 0. The molecule has 3 heterocycles. The number of rotatable bonds is 4. The first-order chi connectivity index (χ1) is 11.3. The molecule has 1 atom stereocenters. The van der Waals surface area contributed by atoms with Crippen LogP contribution in [0.4, 0.5) is 0 Å². The van der Waals surface area contributed by atoms with Crippen molar-refractivity contribution >= 4 is 11.6 Å². The van der Waals surface area contributed by atoms with Crippen molar-refractivity contribution in [2.75, 3.05) is 19.6 Å². The molecule has 1 saturated heterocycles. The van der Waals surface area contributed by atoms with E-state index in [1.54, 1.807) is 18.3 Å². The summed E-state index contributed by atoms with van der Waals surface area (Å²) < 4.78 is 1.52. The Bertz CT molecular complexity index is 693. The highest BCUT2D eigenvalue weighted by atomic mass is 16.1. The van der Waals surface area contributed by atoms with Gasteiger partial charge in [-0.2, -0.15) is 4.52 Å². The van der Waals surface area contributed by atoms with Gasteiger partial charge in [-0.3, -0.25) is 4.79 Å². The third-order valence-electron chi connectivity index (χ3n) is 5.05. The number of hydrogen-bond acceptors (Lipinski definition) is 5. The molecule has 0 spiro atoms. The summed E-state index contributed by atoms with van der Waals surface area (Å²) in [5.74, 6) is 0.821. The molecule has 1 aliphatic heterocycles. The predicted octanol–water partition coefficient (Wildman–Crippen LogP) is 1.12. The van der Waals surface area contributed by atoms with Crippen LogP contribution in [0.5, 0.6) is 0 Å². The van der Waals surface area contributed by atoms with Gasteiger partial charge in [-0.25, -0.2) is 0 Å². The molecule has 7 nitrogen and oxygen atoms in total. The summed E-state index contributed by atoms with van der Waals surface area (Å²) in [5, 5.41) is 14.4. The Balaban J connectivity index is 1.33. The van der Waals surface area contributed by atoms with Gasteiger partial charge in [-0.1, -0.05) is 12.8 Å². The maximum absolute atomic E-state index is 12.4. The van der Waals surface area contributed by atoms with Gasteiger partial charge < -0.3 is 10.2 Å². The third-order valence-corrected chi connectivity index (χ3v) is 5.05. The lowest BCUT2D eigenvalue weighted by Crippen LogP contribution is -2.37. The van der Waals surface area contributed by atoms with Crippen LogP contribution in [0.15, 0.2) is 18.3 Å². The molecule has 0 unspecified atom stereocenters. The SMILES string of the molecule is O=C(N[C@H]1CCN(CC2CCCC2)C1)c1ccc2nnnn2c1. The molecule has 2 aromatic rings. The number of hydrogen-bond donors (Lipinski definition) is 1. The molecule has 2 aromatic heterocycles. The molecule has 1 saturated carbocycles. The van der Waals surface area contributed by atoms with Gasteiger partial charge in [0, 0.05) is 31.9 Å². The largest absolute Gasteiger partial charge is 0.348 e. The predicted molar refractivity (Wildman–Crippen MR) is 85.1 cm³/mol. The van der Waals surface area contributed by atoms with Crippen molar-refractivity contribution in [2.24, 2.45) is 5.92 Å². The van der Waals surface area contributed by atoms with Crippen molar-refractivity contribution in [1.29, 1.82) is 0 Å². The lowest BCUT2D eigenvalue weighted by atomic mass is 10.1. The van der Waals surface area contributed by atoms with Crippen LogP contribution in [0.25, 0.3) is 5.65 Å². The van der Waals surface area contributed by atoms with Crippen LogP contribution in [-0.4, -0.2) is 56.5 Å². The third kappa shape index (κ3) is 3.19. The zero-order valence-electron chi connectivity index (χ0n) is 13.2. The maximum atomic E-state index is 12.4. The van der Waals surface area contributed by atoms with E-state index >= 15 is 0 Å². The van der Waals surface area contributed by atoms with Crippen LogP contribution in [0, 0.1) is 5.92 Å². The van der Waals surface area contributed by atoms with E-state index in [4.69, 9.17) is 0 Å². The number of amides is 1. The summed E-state index contributed by atoms with van der Waals surface area (Å²) >= 11 is 0. The normalized spacial score (nSPS) is 22.9. The van der Waals surface area contributed by atoms with E-state index < -0.39 is 0 Å². The Hall–Kier alpha value is -2.02. The smallest absolute Gasteiger partial charge is 0.253 e. The number of nitrogens with zero attached hydrogens (tertiary/aromatic N) is 5. The molecule has 2 aliphatic rings. The molecule has 1 N–H and O–H groups in total. The van der Waals surface area contributed by atoms with Crippen molar-refractivity contribution in [2.45, 2.75) is 38.1 Å². The van der Waals surface area contributed by atoms with Crippen LogP contribution in [0.2, 0.25) is 0 Å². The Morgan fingerprint density at radius 2 is 2.13 bits per heavy atom. The van der Waals surface area contributed by atoms with Gasteiger partial charge in [0.15, 0.2) is 5.65 Å². The van der Waals surface area contributed by atoms with Gasteiger partial charge >= 0.3 is 0 Å². The molecule has 1 amide bonds. The number of tetrazole rings is 1. The first-order valence-electron chi connectivity index (χ1n) is 8.49. The van der Waals surface area contributed by atoms with E-state index in [1.807, 2.05) is 0 Å². The second-order valence-electron chi connectivity index (χ2n) is 6.77. The van der Waals surface area contributed by atoms with Gasteiger partial charge in [0.25, 0.3) is 5.91 Å². The number of pyridine rings is 1. The maximum Gasteiger partial charge on any atom is 0.253 e. The molecule has 23 heavy (non-hydrogen) atoms. The molecular formula is C16H22N6O. The number of likely N-dealkylation sites (tertiary alicyclic amines) is 1. The highest BCUT2D eigenvalue weighted by Crippen LogP contribution is 2.26. The molecule has 1 aliphatic carbocycles. The molecule has 2 fully saturated rings. The molecule has 7 heteroatoms. The Kier molecular flexibility index (Phi) is 3.95. The molecule has 4 rings (SSSR count). The standard InChI is InChI=1S/C16H22N6O/c23-16(13-5-6-15-18-19-20-22(15)10-13)17-14-7-8-21(11-14)9-12-3-1-2-4-12/h5-6,10,12,14H,1-4,7-9,11H2,(H,17,23)/t14-/m0/s1. The van der Waals surface area contributed by atoms with E-state index in [-0.39, 0.29) is 11.9 Å². The molecular weight excluding hydrogens is 292 g/mol. The molecule has 0 aromatic carbocycles. The zero-order chi connectivity index (χ0) is 15.6. The Labute approximate surface area is 135 Å². The zero-order valence-corrected chi connectivity index (χ0v) is 13.2. The van der Waals surface area contributed by atoms with Crippen molar-refractivity contribution < 1.29 is 4.79 Å². The fourth-order valence-corrected chi connectivity index (χ4v) is 3.82. The van der Waals surface area contributed by atoms with Gasteiger partial charge in [-0.05, 0) is 47.7 Å². The Morgan fingerprint density at radius 1 is 1.26 bits per heavy atom. The van der Waals surface area contributed by atoms with E-state index in [0.717, 1.165) is 25.4 Å². The van der Waals surface area contributed by atoms with Crippen LogP contribution >= 0.6 is 0 Å². The van der Waals surface area contributed by atoms with Gasteiger partial charge in [-0.15, -0.1) is 5.10 Å². The van der Waals surface area contributed by atoms with Gasteiger partial charge in [0.1, 0.15) is 0 Å². The van der Waals surface area contributed by atoms with E-state index in [9.17, 15) is 4.79 Å². The summed E-state index contributed by atoms with van der Waals surface area (Å²) in [6.07, 6.45) is 8.23. The van der Waals surface area contributed by atoms with Gasteiger partial charge in [0.2, 0.25) is 0 Å². The fraction of sp³-hybridized carbons (Fsp3) is 0.625. The van der Waals surface area contributed by atoms with Crippen molar-refractivity contribution in [3.8, 4) is 0 Å². The summed E-state index contributed by atoms with van der Waals surface area (Å²) in [5.41, 5.74) is 1.24. The number of fused-ring (bicyclic) bond motifs is 1. The minimum absolute atomic E-state index is 0.0462. The quantitative estimate of drug-likeness (QED) is 0.915. The topological polar surface area (TPSA) is 75.4 Å². The van der Waals surface area contributed by atoms with Crippen LogP contribution in [0.3, 0.4) is 0 Å². The highest BCUT2D eigenvalue weighted by Gasteiger charge is 2.27. The van der Waals surface area contributed by atoms with E-state index in [1.165, 1.54) is 36.7 Å². The van der Waals surface area contributed by atoms with E-state index in [0.29, 0.717) is 11.2 Å². The second-order valence-corrected chi connectivity index (χ2v) is 6.77. The molecule has 0 radical (unpaired) electrons. The number of nitrogens with one attached hydrogen (secondary N) is 1. The van der Waals surface area contributed by atoms with Gasteiger partial charge in [0.05, 0.1) is 5.56 Å². The van der Waals surface area contributed by atoms with Crippen molar-refractivity contribution in [3.05, 3.63) is 23.9 Å². The van der Waals surface area contributed by atoms with Crippen molar-refractivity contribution in [1.82, 2.24) is 30.3 Å². The average Bonchev–Trinajstić information content (AvgIpc) is 3.28. The minimum atomic E-state index is -0.0462. The number of aromatic nitrogens is 4. The second kappa shape index (κ2) is 6.23. The van der Waals surface area contributed by atoms with Crippen LogP contribution in [0.1, 0.15) is 42.5 Å². The monoisotopic (exact) mass is 314 g/mol. The lowest BCUT2D eigenvalue weighted by molar-refractivity contribution is 0.0937. The van der Waals surface area contributed by atoms with Crippen LogP contribution in [-0.2, 0) is 0 Å². The Morgan fingerprint density at radius 3 is 3.00 bits per heavy atom. The molecule has 0 bridgehead atoms. The fourth-order valence-electron chi connectivity index (χ4n) is 3.82. The summed E-state index contributed by atoms with van der Waals surface area (Å²) in [6.45, 7) is 3.26. The lowest BCUT2D eigenvalue weighted by Gasteiger charge is -2.20. The molecule has 122 valence electrons. The summed E-state index contributed by atoms with van der Waals surface area (Å²) in [6, 6.07) is 3.77. The first-order valence-corrected chi connectivity index (χ1v) is 8.49. The minimum Gasteiger partial charge on any atom is -0.348 e. The van der Waals surface area contributed by atoms with E-state index in [2.05, 4.69) is 25.7 Å². The van der Waals surface area contributed by atoms with Crippen LogP contribution < -0.4 is 5.32 Å². The first kappa shape index (κ1) is 14.6. The number of carbonyl (C=O) groups excluding carboxylic acids is 1. The summed E-state index contributed by atoms with van der Waals surface area (Å²) in [4.78, 5) is 14.9. The highest BCUT2D eigenvalue weighted by molar-refractivity contribution is 5.94. The number of carbonyl (C=O) groups is 1. The average molecular weight is 314 g/mol.